The summed E-state index contributed by atoms with van der Waals surface area (Å²) in [5, 5.41) is 0.0377. The van der Waals surface area contributed by atoms with Crippen molar-refractivity contribution in [2.75, 3.05) is 6.61 Å². The zero-order chi connectivity index (χ0) is 14.6. The Bertz CT molecular complexity index is 652. The standard InChI is InChI=1S/C15H15O4P/c1-2-19-20(17,18)14-11-7-6-10-13(14)15(16)12-8-4-3-5-9-12/h3-11H,2H2,1H3,(H,17,18). The van der Waals surface area contributed by atoms with E-state index in [1.807, 2.05) is 0 Å². The van der Waals surface area contributed by atoms with Crippen LogP contribution >= 0.6 is 7.60 Å². The Labute approximate surface area is 117 Å². The van der Waals surface area contributed by atoms with Crippen molar-refractivity contribution >= 4 is 18.7 Å². The van der Waals surface area contributed by atoms with E-state index in [2.05, 4.69) is 0 Å². The third-order valence-corrected chi connectivity index (χ3v) is 4.40. The minimum absolute atomic E-state index is 0.0377. The molecule has 0 fully saturated rings. The van der Waals surface area contributed by atoms with Crippen molar-refractivity contribution in [2.45, 2.75) is 6.92 Å². The first-order valence-electron chi connectivity index (χ1n) is 6.23. The summed E-state index contributed by atoms with van der Waals surface area (Å²) in [6.07, 6.45) is 0. The van der Waals surface area contributed by atoms with E-state index < -0.39 is 7.60 Å². The van der Waals surface area contributed by atoms with Gasteiger partial charge in [0.05, 0.1) is 11.9 Å². The van der Waals surface area contributed by atoms with Crippen LogP contribution in [0.2, 0.25) is 0 Å². The highest BCUT2D eigenvalue weighted by molar-refractivity contribution is 7.61. The van der Waals surface area contributed by atoms with Gasteiger partial charge in [-0.25, -0.2) is 0 Å². The van der Waals surface area contributed by atoms with Crippen molar-refractivity contribution in [2.24, 2.45) is 0 Å². The summed E-state index contributed by atoms with van der Waals surface area (Å²) in [6.45, 7) is 1.73. The number of hydrogen-bond donors (Lipinski definition) is 1. The maximum atomic E-state index is 12.4. The maximum absolute atomic E-state index is 12.4. The zero-order valence-corrected chi connectivity index (χ0v) is 11.9. The normalized spacial score (nSPS) is 13.7. The van der Waals surface area contributed by atoms with Crippen molar-refractivity contribution in [3.05, 3.63) is 65.7 Å². The first-order chi connectivity index (χ1) is 9.56. The van der Waals surface area contributed by atoms with Gasteiger partial charge in [0.2, 0.25) is 0 Å². The summed E-state index contributed by atoms with van der Waals surface area (Å²) < 4.78 is 17.1. The Kier molecular flexibility index (Phi) is 4.50. The molecule has 0 saturated heterocycles. The fraction of sp³-hybridized carbons (Fsp3) is 0.133. The summed E-state index contributed by atoms with van der Waals surface area (Å²) in [4.78, 5) is 22.4. The molecule has 1 unspecified atom stereocenters. The molecule has 20 heavy (non-hydrogen) atoms. The van der Waals surface area contributed by atoms with Crippen LogP contribution in [0.15, 0.2) is 54.6 Å². The molecule has 2 aromatic rings. The first-order valence-corrected chi connectivity index (χ1v) is 7.80. The molecule has 4 nitrogen and oxygen atoms in total. The third kappa shape index (κ3) is 3.05. The highest BCUT2D eigenvalue weighted by atomic mass is 31.2. The fourth-order valence-electron chi connectivity index (χ4n) is 1.90. The quantitative estimate of drug-likeness (QED) is 0.679. The summed E-state index contributed by atoms with van der Waals surface area (Å²) in [5.41, 5.74) is 0.662. The summed E-state index contributed by atoms with van der Waals surface area (Å²) in [6, 6.07) is 14.9. The summed E-state index contributed by atoms with van der Waals surface area (Å²) >= 11 is 0. The monoisotopic (exact) mass is 290 g/mol. The molecule has 0 aliphatic heterocycles. The molecule has 2 aromatic carbocycles. The number of benzene rings is 2. The minimum Gasteiger partial charge on any atom is -0.321 e. The molecule has 0 aromatic heterocycles. The average Bonchev–Trinajstić information content (AvgIpc) is 2.47. The molecule has 0 aliphatic rings. The van der Waals surface area contributed by atoms with E-state index in [1.165, 1.54) is 12.1 Å². The van der Waals surface area contributed by atoms with Gasteiger partial charge in [-0.15, -0.1) is 0 Å². The van der Waals surface area contributed by atoms with E-state index in [9.17, 15) is 14.3 Å². The maximum Gasteiger partial charge on any atom is 0.359 e. The topological polar surface area (TPSA) is 63.6 Å². The van der Waals surface area contributed by atoms with Gasteiger partial charge in [0.25, 0.3) is 0 Å². The van der Waals surface area contributed by atoms with Gasteiger partial charge in [0.15, 0.2) is 5.78 Å². The van der Waals surface area contributed by atoms with Crippen LogP contribution in [-0.2, 0) is 9.09 Å². The number of hydrogen-bond acceptors (Lipinski definition) is 3. The largest absolute Gasteiger partial charge is 0.359 e. The number of ketones is 1. The van der Waals surface area contributed by atoms with Gasteiger partial charge in [-0.3, -0.25) is 9.36 Å². The lowest BCUT2D eigenvalue weighted by molar-refractivity contribution is 0.103. The fourth-order valence-corrected chi connectivity index (χ4v) is 3.15. The third-order valence-electron chi connectivity index (χ3n) is 2.79. The van der Waals surface area contributed by atoms with Crippen LogP contribution in [-0.4, -0.2) is 17.3 Å². The van der Waals surface area contributed by atoms with Crippen molar-refractivity contribution in [1.82, 2.24) is 0 Å². The van der Waals surface area contributed by atoms with E-state index >= 15 is 0 Å². The molecular formula is C15H15O4P. The molecule has 5 heteroatoms. The van der Waals surface area contributed by atoms with E-state index in [4.69, 9.17) is 4.52 Å². The Balaban J connectivity index is 2.49. The van der Waals surface area contributed by atoms with Crippen LogP contribution in [0.3, 0.4) is 0 Å². The van der Waals surface area contributed by atoms with Gasteiger partial charge in [-0.2, -0.15) is 0 Å². The lowest BCUT2D eigenvalue weighted by Crippen LogP contribution is -2.18. The predicted octanol–water partition coefficient (Wildman–Crippen LogP) is 2.76. The van der Waals surface area contributed by atoms with Gasteiger partial charge in [0.1, 0.15) is 0 Å². The highest BCUT2D eigenvalue weighted by Gasteiger charge is 2.28. The second-order valence-corrected chi connectivity index (χ2v) is 5.93. The molecule has 0 aliphatic carbocycles. The SMILES string of the molecule is CCOP(=O)(O)c1ccccc1C(=O)c1ccccc1. The van der Waals surface area contributed by atoms with E-state index in [0.717, 1.165) is 0 Å². The van der Waals surface area contributed by atoms with Crippen LogP contribution in [0.1, 0.15) is 22.8 Å². The van der Waals surface area contributed by atoms with Crippen molar-refractivity contribution in [1.29, 1.82) is 0 Å². The molecule has 0 spiro atoms. The van der Waals surface area contributed by atoms with Gasteiger partial charge < -0.3 is 9.42 Å². The molecule has 1 N–H and O–H groups in total. The summed E-state index contributed by atoms with van der Waals surface area (Å²) in [5.74, 6) is -0.296. The number of rotatable bonds is 5. The molecule has 2 rings (SSSR count). The Morgan fingerprint density at radius 1 is 1.10 bits per heavy atom. The van der Waals surface area contributed by atoms with Gasteiger partial charge in [0, 0.05) is 11.1 Å². The van der Waals surface area contributed by atoms with Crippen LogP contribution in [0, 0.1) is 0 Å². The Morgan fingerprint density at radius 2 is 1.70 bits per heavy atom. The predicted molar refractivity (Wildman–Crippen MR) is 77.4 cm³/mol. The van der Waals surface area contributed by atoms with Crippen LogP contribution in [0.4, 0.5) is 0 Å². The zero-order valence-electron chi connectivity index (χ0n) is 11.0. The first kappa shape index (κ1) is 14.7. The van der Waals surface area contributed by atoms with Crippen molar-refractivity contribution in [3.8, 4) is 0 Å². The van der Waals surface area contributed by atoms with Gasteiger partial charge >= 0.3 is 7.60 Å². The minimum atomic E-state index is -3.98. The van der Waals surface area contributed by atoms with E-state index in [-0.39, 0.29) is 23.3 Å². The molecule has 0 radical (unpaired) electrons. The molecule has 0 bridgehead atoms. The molecular weight excluding hydrogens is 275 g/mol. The molecule has 104 valence electrons. The van der Waals surface area contributed by atoms with E-state index in [0.29, 0.717) is 5.56 Å². The summed E-state index contributed by atoms with van der Waals surface area (Å²) in [7, 11) is -3.98. The van der Waals surface area contributed by atoms with Crippen LogP contribution < -0.4 is 5.30 Å². The van der Waals surface area contributed by atoms with E-state index in [1.54, 1.807) is 49.4 Å². The Morgan fingerprint density at radius 3 is 2.35 bits per heavy atom. The molecule has 0 saturated carbocycles. The number of carbonyl (C=O) groups excluding carboxylic acids is 1. The van der Waals surface area contributed by atoms with Gasteiger partial charge in [-0.05, 0) is 13.0 Å². The van der Waals surface area contributed by atoms with Crippen LogP contribution in [0.5, 0.6) is 0 Å². The van der Waals surface area contributed by atoms with Gasteiger partial charge in [-0.1, -0.05) is 48.5 Å². The second kappa shape index (κ2) is 6.14. The number of carbonyl (C=O) groups is 1. The molecule has 0 heterocycles. The Hall–Kier alpha value is -1.74. The highest BCUT2D eigenvalue weighted by Crippen LogP contribution is 2.41. The average molecular weight is 290 g/mol. The smallest absolute Gasteiger partial charge is 0.321 e. The second-order valence-electron chi connectivity index (χ2n) is 4.15. The van der Waals surface area contributed by atoms with Crippen LogP contribution in [0.25, 0.3) is 0 Å². The molecule has 0 amide bonds. The molecule has 1 atom stereocenters. The lowest BCUT2D eigenvalue weighted by atomic mass is 10.0. The van der Waals surface area contributed by atoms with Crippen molar-refractivity contribution < 1.29 is 18.8 Å². The van der Waals surface area contributed by atoms with Crippen molar-refractivity contribution in [3.63, 3.8) is 0 Å². The lowest BCUT2D eigenvalue weighted by Gasteiger charge is -2.14.